The molecule has 10 nitrogen and oxygen atoms in total. The van der Waals surface area contributed by atoms with Gasteiger partial charge < -0.3 is 24.3 Å². The van der Waals surface area contributed by atoms with Crippen molar-refractivity contribution in [2.75, 3.05) is 25.6 Å². The van der Waals surface area contributed by atoms with Crippen molar-refractivity contribution >= 4 is 23.3 Å². The van der Waals surface area contributed by atoms with Gasteiger partial charge in [0.05, 0.1) is 24.3 Å². The molecule has 0 fully saturated rings. The molecule has 1 N–H and O–H groups in total. The summed E-state index contributed by atoms with van der Waals surface area (Å²) in [6.07, 6.45) is -1.16. The molecule has 1 atom stereocenters. The van der Waals surface area contributed by atoms with E-state index in [1.165, 1.54) is 26.2 Å². The summed E-state index contributed by atoms with van der Waals surface area (Å²) in [7, 11) is 1.36. The number of anilines is 1. The third-order valence-corrected chi connectivity index (χ3v) is 3.82. The number of methoxy groups -OCH3 is 1. The predicted molar refractivity (Wildman–Crippen MR) is 107 cm³/mol. The topological polar surface area (TPSA) is 126 Å². The molecule has 0 unspecified atom stereocenters. The van der Waals surface area contributed by atoms with Gasteiger partial charge in [-0.2, -0.15) is 0 Å². The van der Waals surface area contributed by atoms with Gasteiger partial charge in [-0.05, 0) is 44.2 Å². The summed E-state index contributed by atoms with van der Waals surface area (Å²) in [5.74, 6) is -0.0878. The van der Waals surface area contributed by atoms with Gasteiger partial charge >= 0.3 is 5.97 Å². The number of carbonyl (C=O) groups excluding carboxylic acids is 2. The second-order valence-corrected chi connectivity index (χ2v) is 5.96. The summed E-state index contributed by atoms with van der Waals surface area (Å²) in [6, 6.07) is 10.4. The predicted octanol–water partition coefficient (Wildman–Crippen LogP) is 2.95. The van der Waals surface area contributed by atoms with Gasteiger partial charge in [-0.25, -0.2) is 4.79 Å². The SMILES string of the molecule is CCOc1ccc(OCC(=O)O[C@@H](C)C(=O)Nc2cc([N+](=O)[O-])ccc2OC)cc1. The number of nitrogens with one attached hydrogen (secondary N) is 1. The van der Waals surface area contributed by atoms with Crippen molar-refractivity contribution in [1.29, 1.82) is 0 Å². The summed E-state index contributed by atoms with van der Waals surface area (Å²) < 4.78 is 20.8. The van der Waals surface area contributed by atoms with Gasteiger partial charge in [-0.15, -0.1) is 0 Å². The van der Waals surface area contributed by atoms with Crippen molar-refractivity contribution in [1.82, 2.24) is 0 Å². The lowest BCUT2D eigenvalue weighted by molar-refractivity contribution is -0.384. The van der Waals surface area contributed by atoms with Crippen LogP contribution in [0, 0.1) is 10.1 Å². The van der Waals surface area contributed by atoms with E-state index in [9.17, 15) is 19.7 Å². The Morgan fingerprint density at radius 2 is 1.73 bits per heavy atom. The summed E-state index contributed by atoms with van der Waals surface area (Å²) in [5, 5.41) is 13.4. The Kier molecular flexibility index (Phi) is 7.98. The molecule has 0 radical (unpaired) electrons. The van der Waals surface area contributed by atoms with Crippen molar-refractivity contribution in [3.8, 4) is 17.2 Å². The summed E-state index contributed by atoms with van der Waals surface area (Å²) in [4.78, 5) is 34.6. The highest BCUT2D eigenvalue weighted by Gasteiger charge is 2.21. The van der Waals surface area contributed by atoms with Crippen molar-refractivity contribution in [3.63, 3.8) is 0 Å². The van der Waals surface area contributed by atoms with Crippen LogP contribution in [0.4, 0.5) is 11.4 Å². The van der Waals surface area contributed by atoms with Gasteiger partial charge in [0.25, 0.3) is 11.6 Å². The van der Waals surface area contributed by atoms with Crippen LogP contribution in [0.3, 0.4) is 0 Å². The van der Waals surface area contributed by atoms with Gasteiger partial charge in [-0.1, -0.05) is 0 Å². The third kappa shape index (κ3) is 6.36. The second-order valence-electron chi connectivity index (χ2n) is 5.96. The number of rotatable bonds is 10. The minimum atomic E-state index is -1.16. The second kappa shape index (κ2) is 10.6. The lowest BCUT2D eigenvalue weighted by Gasteiger charge is -2.15. The Morgan fingerprint density at radius 1 is 1.10 bits per heavy atom. The van der Waals surface area contributed by atoms with Crippen LogP contribution in [-0.4, -0.2) is 43.2 Å². The minimum absolute atomic E-state index is 0.0882. The Morgan fingerprint density at radius 3 is 2.30 bits per heavy atom. The molecule has 2 aromatic rings. The summed E-state index contributed by atoms with van der Waals surface area (Å²) >= 11 is 0. The van der Waals surface area contributed by atoms with Crippen LogP contribution in [-0.2, 0) is 14.3 Å². The fourth-order valence-corrected chi connectivity index (χ4v) is 2.37. The fourth-order valence-electron chi connectivity index (χ4n) is 2.37. The quantitative estimate of drug-likeness (QED) is 0.354. The Bertz CT molecular complexity index is 898. The molecule has 0 spiro atoms. The molecule has 0 aliphatic heterocycles. The van der Waals surface area contributed by atoms with Crippen LogP contribution in [0.2, 0.25) is 0 Å². The van der Waals surface area contributed by atoms with E-state index in [0.717, 1.165) is 6.07 Å². The Labute approximate surface area is 172 Å². The van der Waals surface area contributed by atoms with E-state index in [1.54, 1.807) is 24.3 Å². The lowest BCUT2D eigenvalue weighted by Crippen LogP contribution is -2.31. The van der Waals surface area contributed by atoms with Crippen LogP contribution < -0.4 is 19.5 Å². The van der Waals surface area contributed by atoms with Gasteiger partial charge in [-0.3, -0.25) is 14.9 Å². The molecule has 2 rings (SSSR count). The van der Waals surface area contributed by atoms with Crippen molar-refractivity contribution < 1.29 is 33.5 Å². The van der Waals surface area contributed by atoms with Crippen molar-refractivity contribution in [2.45, 2.75) is 20.0 Å². The van der Waals surface area contributed by atoms with E-state index < -0.39 is 29.5 Å². The number of nitrogens with zero attached hydrogens (tertiary/aromatic N) is 1. The van der Waals surface area contributed by atoms with E-state index in [1.807, 2.05) is 6.92 Å². The summed E-state index contributed by atoms with van der Waals surface area (Å²) in [6.45, 7) is 3.38. The molecule has 0 aromatic heterocycles. The zero-order valence-electron chi connectivity index (χ0n) is 16.7. The number of hydrogen-bond acceptors (Lipinski definition) is 8. The average molecular weight is 418 g/mol. The van der Waals surface area contributed by atoms with Crippen LogP contribution >= 0.6 is 0 Å². The maximum Gasteiger partial charge on any atom is 0.344 e. The van der Waals surface area contributed by atoms with E-state index in [4.69, 9.17) is 18.9 Å². The minimum Gasteiger partial charge on any atom is -0.495 e. The first-order valence-electron chi connectivity index (χ1n) is 9.02. The highest BCUT2D eigenvalue weighted by atomic mass is 16.6. The zero-order valence-corrected chi connectivity index (χ0v) is 16.7. The Hall–Kier alpha value is -3.82. The molecule has 2 aromatic carbocycles. The zero-order chi connectivity index (χ0) is 22.1. The third-order valence-electron chi connectivity index (χ3n) is 3.82. The summed E-state index contributed by atoms with van der Waals surface area (Å²) in [5.41, 5.74) is -0.134. The van der Waals surface area contributed by atoms with Crippen LogP contribution in [0.1, 0.15) is 13.8 Å². The molecule has 0 aliphatic rings. The number of ether oxygens (including phenoxy) is 4. The molecule has 160 valence electrons. The number of esters is 1. The molecule has 0 heterocycles. The van der Waals surface area contributed by atoms with Crippen LogP contribution in [0.25, 0.3) is 0 Å². The maximum atomic E-state index is 12.3. The number of amides is 1. The molecule has 10 heteroatoms. The van der Waals surface area contributed by atoms with Gasteiger partial charge in [0, 0.05) is 12.1 Å². The lowest BCUT2D eigenvalue weighted by atomic mass is 10.2. The fraction of sp³-hybridized carbons (Fsp3) is 0.300. The van der Waals surface area contributed by atoms with Gasteiger partial charge in [0.15, 0.2) is 12.7 Å². The smallest absolute Gasteiger partial charge is 0.344 e. The van der Waals surface area contributed by atoms with Crippen LogP contribution in [0.15, 0.2) is 42.5 Å². The maximum absolute atomic E-state index is 12.3. The van der Waals surface area contributed by atoms with E-state index in [0.29, 0.717) is 18.1 Å². The Balaban J connectivity index is 1.89. The van der Waals surface area contributed by atoms with E-state index >= 15 is 0 Å². The standard InChI is InChI=1S/C20H22N2O8/c1-4-28-15-6-8-16(9-7-15)29-12-19(23)30-13(2)20(24)21-17-11-14(22(25)26)5-10-18(17)27-3/h5-11,13H,4,12H2,1-3H3,(H,21,24)/t13-/m0/s1. The normalized spacial score (nSPS) is 11.2. The number of hydrogen-bond donors (Lipinski definition) is 1. The molecule has 0 saturated carbocycles. The van der Waals surface area contributed by atoms with Gasteiger partial charge in [0.1, 0.15) is 17.2 Å². The monoisotopic (exact) mass is 418 g/mol. The number of carbonyl (C=O) groups is 2. The van der Waals surface area contributed by atoms with E-state index in [2.05, 4.69) is 5.32 Å². The first-order valence-corrected chi connectivity index (χ1v) is 9.02. The molecule has 1 amide bonds. The molecule has 0 saturated heterocycles. The number of nitro groups is 1. The largest absolute Gasteiger partial charge is 0.495 e. The van der Waals surface area contributed by atoms with Crippen LogP contribution in [0.5, 0.6) is 17.2 Å². The molecule has 30 heavy (non-hydrogen) atoms. The average Bonchev–Trinajstić information content (AvgIpc) is 2.73. The molecule has 0 bridgehead atoms. The first kappa shape index (κ1) is 22.5. The van der Waals surface area contributed by atoms with Crippen molar-refractivity contribution in [2.24, 2.45) is 0 Å². The number of benzene rings is 2. The van der Waals surface area contributed by atoms with Crippen molar-refractivity contribution in [3.05, 3.63) is 52.6 Å². The highest BCUT2D eigenvalue weighted by molar-refractivity contribution is 5.96. The number of nitro benzene ring substituents is 1. The first-order chi connectivity index (χ1) is 14.3. The van der Waals surface area contributed by atoms with Gasteiger partial charge in [0.2, 0.25) is 0 Å². The molecular weight excluding hydrogens is 396 g/mol. The molecular formula is C20H22N2O8. The number of non-ortho nitro benzene ring substituents is 1. The highest BCUT2D eigenvalue weighted by Crippen LogP contribution is 2.29. The molecule has 0 aliphatic carbocycles. The van der Waals surface area contributed by atoms with E-state index in [-0.39, 0.29) is 17.1 Å².